The lowest BCUT2D eigenvalue weighted by atomic mass is 10.2. The summed E-state index contributed by atoms with van der Waals surface area (Å²) in [4.78, 5) is 0. The minimum atomic E-state index is 0.130. The predicted octanol–water partition coefficient (Wildman–Crippen LogP) is 3.99. The fourth-order valence-electron chi connectivity index (χ4n) is 1.68. The fraction of sp³-hybridized carbons (Fsp3) is 0.143. The molecule has 0 amide bonds. The second kappa shape index (κ2) is 6.10. The molecule has 0 aliphatic heterocycles. The van der Waals surface area contributed by atoms with E-state index in [-0.39, 0.29) is 5.75 Å². The smallest absolute Gasteiger partial charge is 0.138 e. The van der Waals surface area contributed by atoms with Crippen LogP contribution in [-0.4, -0.2) is 5.11 Å². The van der Waals surface area contributed by atoms with Crippen molar-refractivity contribution in [3.05, 3.63) is 63.6 Å². The third-order valence-electron chi connectivity index (χ3n) is 2.66. The van der Waals surface area contributed by atoms with Crippen molar-refractivity contribution in [2.75, 3.05) is 0 Å². The molecule has 0 atom stereocenters. The summed E-state index contributed by atoms with van der Waals surface area (Å²) >= 11 is 11.9. The van der Waals surface area contributed by atoms with E-state index >= 15 is 0 Å². The van der Waals surface area contributed by atoms with Crippen molar-refractivity contribution in [3.8, 4) is 5.75 Å². The van der Waals surface area contributed by atoms with Gasteiger partial charge in [0.15, 0.2) is 0 Å². The summed E-state index contributed by atoms with van der Waals surface area (Å²) in [5, 5.41) is 14.1. The zero-order valence-corrected chi connectivity index (χ0v) is 11.2. The van der Waals surface area contributed by atoms with Gasteiger partial charge in [0.05, 0.1) is 5.02 Å². The van der Waals surface area contributed by atoms with E-state index in [2.05, 4.69) is 5.32 Å². The second-order valence-corrected chi connectivity index (χ2v) is 4.76. The third kappa shape index (κ3) is 3.16. The molecule has 2 aromatic rings. The highest BCUT2D eigenvalue weighted by Crippen LogP contribution is 2.26. The van der Waals surface area contributed by atoms with Gasteiger partial charge in [0, 0.05) is 23.7 Å². The predicted molar refractivity (Wildman–Crippen MR) is 75.1 cm³/mol. The fourth-order valence-corrected chi connectivity index (χ4v) is 2.07. The maximum atomic E-state index is 9.75. The number of phenolic OH excluding ortho intramolecular Hbond substituents is 1. The van der Waals surface area contributed by atoms with Gasteiger partial charge in [-0.1, -0.05) is 53.5 Å². The molecule has 2 nitrogen and oxygen atoms in total. The number of para-hydroxylation sites is 1. The molecule has 0 bridgehead atoms. The van der Waals surface area contributed by atoms with Crippen molar-refractivity contribution in [1.29, 1.82) is 0 Å². The van der Waals surface area contributed by atoms with Gasteiger partial charge < -0.3 is 10.4 Å². The summed E-state index contributed by atoms with van der Waals surface area (Å²) in [5.41, 5.74) is 1.80. The molecule has 94 valence electrons. The highest BCUT2D eigenvalue weighted by molar-refractivity contribution is 6.32. The maximum absolute atomic E-state index is 9.75. The zero-order chi connectivity index (χ0) is 13.0. The summed E-state index contributed by atoms with van der Waals surface area (Å²) in [6.07, 6.45) is 0. The van der Waals surface area contributed by atoms with Crippen molar-refractivity contribution >= 4 is 23.2 Å². The molecule has 0 fully saturated rings. The van der Waals surface area contributed by atoms with E-state index in [9.17, 15) is 5.11 Å². The van der Waals surface area contributed by atoms with Gasteiger partial charge in [-0.15, -0.1) is 0 Å². The largest absolute Gasteiger partial charge is 0.506 e. The van der Waals surface area contributed by atoms with Gasteiger partial charge >= 0.3 is 0 Å². The van der Waals surface area contributed by atoms with Gasteiger partial charge in [-0.05, 0) is 17.7 Å². The topological polar surface area (TPSA) is 32.3 Å². The Morgan fingerprint density at radius 3 is 2.22 bits per heavy atom. The first-order chi connectivity index (χ1) is 8.68. The number of nitrogens with one attached hydrogen (secondary N) is 1. The molecule has 0 heterocycles. The van der Waals surface area contributed by atoms with Crippen molar-refractivity contribution in [1.82, 2.24) is 5.32 Å². The Balaban J connectivity index is 1.97. The van der Waals surface area contributed by atoms with E-state index in [1.165, 1.54) is 0 Å². The summed E-state index contributed by atoms with van der Waals surface area (Å²) in [6, 6.07) is 13.0. The summed E-state index contributed by atoms with van der Waals surface area (Å²) in [7, 11) is 0. The second-order valence-electron chi connectivity index (χ2n) is 3.94. The lowest BCUT2D eigenvalue weighted by molar-refractivity contribution is 0.464. The van der Waals surface area contributed by atoms with Gasteiger partial charge in [-0.3, -0.25) is 0 Å². The minimum Gasteiger partial charge on any atom is -0.506 e. The van der Waals surface area contributed by atoms with E-state index in [0.29, 0.717) is 18.1 Å². The molecule has 2 aromatic carbocycles. The number of hydrogen-bond donors (Lipinski definition) is 2. The van der Waals surface area contributed by atoms with Crippen LogP contribution in [0.25, 0.3) is 0 Å². The molecule has 0 saturated carbocycles. The Kier molecular flexibility index (Phi) is 4.48. The number of phenols is 1. The van der Waals surface area contributed by atoms with Crippen LogP contribution in [0.1, 0.15) is 11.1 Å². The van der Waals surface area contributed by atoms with Crippen LogP contribution >= 0.6 is 23.2 Å². The van der Waals surface area contributed by atoms with Crippen LogP contribution in [0.15, 0.2) is 42.5 Å². The van der Waals surface area contributed by atoms with Crippen LogP contribution in [0, 0.1) is 0 Å². The van der Waals surface area contributed by atoms with Gasteiger partial charge in [0.25, 0.3) is 0 Å². The number of rotatable bonds is 4. The van der Waals surface area contributed by atoms with Gasteiger partial charge in [-0.25, -0.2) is 0 Å². The number of halogens is 2. The average molecular weight is 282 g/mol. The molecular formula is C14H13Cl2NO. The van der Waals surface area contributed by atoms with E-state index in [0.717, 1.165) is 16.1 Å². The highest BCUT2D eigenvalue weighted by atomic mass is 35.5. The quantitative estimate of drug-likeness (QED) is 0.888. The molecule has 18 heavy (non-hydrogen) atoms. The van der Waals surface area contributed by atoms with Crippen LogP contribution in [0.5, 0.6) is 5.75 Å². The summed E-state index contributed by atoms with van der Waals surface area (Å²) < 4.78 is 0. The third-order valence-corrected chi connectivity index (χ3v) is 3.33. The molecule has 0 unspecified atom stereocenters. The lowest BCUT2D eigenvalue weighted by Gasteiger charge is -2.08. The van der Waals surface area contributed by atoms with Crippen LogP contribution in [0.2, 0.25) is 10.0 Å². The lowest BCUT2D eigenvalue weighted by Crippen LogP contribution is -2.13. The molecule has 2 rings (SSSR count). The maximum Gasteiger partial charge on any atom is 0.138 e. The van der Waals surface area contributed by atoms with E-state index < -0.39 is 0 Å². The molecule has 2 N–H and O–H groups in total. The molecule has 0 radical (unpaired) electrons. The minimum absolute atomic E-state index is 0.130. The molecule has 0 saturated heterocycles. The summed E-state index contributed by atoms with van der Waals surface area (Å²) in [6.45, 7) is 1.18. The molecule has 0 spiro atoms. The van der Waals surface area contributed by atoms with E-state index in [1.54, 1.807) is 6.07 Å². The van der Waals surface area contributed by atoms with Crippen molar-refractivity contribution < 1.29 is 5.11 Å². The monoisotopic (exact) mass is 281 g/mol. The average Bonchev–Trinajstić information content (AvgIpc) is 2.37. The molecule has 4 heteroatoms. The van der Waals surface area contributed by atoms with Gasteiger partial charge in [0.2, 0.25) is 0 Å². The highest BCUT2D eigenvalue weighted by Gasteiger charge is 2.05. The van der Waals surface area contributed by atoms with Crippen molar-refractivity contribution in [2.24, 2.45) is 0 Å². The van der Waals surface area contributed by atoms with E-state index in [4.69, 9.17) is 23.2 Å². The van der Waals surface area contributed by atoms with E-state index in [1.807, 2.05) is 36.4 Å². The Bertz CT molecular complexity index is 543. The first-order valence-electron chi connectivity index (χ1n) is 5.59. The Hall–Kier alpha value is -1.22. The molecular weight excluding hydrogens is 269 g/mol. The Morgan fingerprint density at radius 1 is 0.833 bits per heavy atom. The molecule has 0 aliphatic carbocycles. The molecule has 0 aliphatic rings. The van der Waals surface area contributed by atoms with Gasteiger partial charge in [-0.2, -0.15) is 0 Å². The Morgan fingerprint density at radius 2 is 1.44 bits per heavy atom. The SMILES string of the molecule is Oc1c(Cl)cccc1CNCc1ccccc1Cl. The van der Waals surface area contributed by atoms with Crippen molar-refractivity contribution in [3.63, 3.8) is 0 Å². The van der Waals surface area contributed by atoms with Crippen LogP contribution in [-0.2, 0) is 13.1 Å². The van der Waals surface area contributed by atoms with Crippen LogP contribution < -0.4 is 5.32 Å². The van der Waals surface area contributed by atoms with Gasteiger partial charge in [0.1, 0.15) is 5.75 Å². The molecule has 0 aromatic heterocycles. The Labute approximate surface area is 116 Å². The first-order valence-corrected chi connectivity index (χ1v) is 6.34. The normalized spacial score (nSPS) is 10.6. The standard InChI is InChI=1S/C14H13Cl2NO/c15-12-6-2-1-4-10(12)8-17-9-11-5-3-7-13(16)14(11)18/h1-7,17-18H,8-9H2. The number of aromatic hydroxyl groups is 1. The number of hydrogen-bond acceptors (Lipinski definition) is 2. The first kappa shape index (κ1) is 13.2. The zero-order valence-electron chi connectivity index (χ0n) is 9.66. The van der Waals surface area contributed by atoms with Crippen molar-refractivity contribution in [2.45, 2.75) is 13.1 Å². The van der Waals surface area contributed by atoms with Crippen LogP contribution in [0.3, 0.4) is 0 Å². The van der Waals surface area contributed by atoms with Crippen LogP contribution in [0.4, 0.5) is 0 Å². The summed E-state index contributed by atoms with van der Waals surface area (Å²) in [5.74, 6) is 0.130. The number of benzene rings is 2.